The zero-order valence-electron chi connectivity index (χ0n) is 21.9. The molecule has 3 rings (SSSR count). The van der Waals surface area contributed by atoms with Gasteiger partial charge in [0, 0.05) is 18.5 Å². The number of amides is 2. The molecular formula is C29H37N3O4S. The van der Waals surface area contributed by atoms with Gasteiger partial charge in [-0.1, -0.05) is 87.0 Å². The number of unbranched alkanes of at least 4 members (excludes halogenated alkanes) is 1. The van der Waals surface area contributed by atoms with E-state index in [0.717, 1.165) is 39.7 Å². The maximum Gasteiger partial charge on any atom is 0.244 e. The number of anilines is 1. The number of hydrogen-bond acceptors (Lipinski definition) is 4. The van der Waals surface area contributed by atoms with Crippen LogP contribution < -0.4 is 9.62 Å². The van der Waals surface area contributed by atoms with E-state index in [1.165, 1.54) is 4.90 Å². The molecule has 198 valence electrons. The first-order chi connectivity index (χ1) is 17.8. The summed E-state index contributed by atoms with van der Waals surface area (Å²) in [6.45, 7) is 4.37. The first-order valence-electron chi connectivity index (χ1n) is 12.8. The number of sulfonamides is 1. The van der Waals surface area contributed by atoms with Crippen LogP contribution in [0.5, 0.6) is 0 Å². The van der Waals surface area contributed by atoms with Crippen LogP contribution in [0, 0.1) is 0 Å². The second-order valence-corrected chi connectivity index (χ2v) is 11.1. The molecule has 0 radical (unpaired) electrons. The van der Waals surface area contributed by atoms with Crippen LogP contribution in [0.25, 0.3) is 10.8 Å². The van der Waals surface area contributed by atoms with Crippen molar-refractivity contribution in [3.8, 4) is 0 Å². The van der Waals surface area contributed by atoms with Gasteiger partial charge < -0.3 is 10.2 Å². The number of carbonyl (C=O) groups excluding carboxylic acids is 2. The summed E-state index contributed by atoms with van der Waals surface area (Å²) in [6.07, 6.45) is 3.88. The fourth-order valence-corrected chi connectivity index (χ4v) is 5.28. The van der Waals surface area contributed by atoms with Crippen LogP contribution in [0.15, 0.2) is 72.8 Å². The molecule has 0 spiro atoms. The van der Waals surface area contributed by atoms with Gasteiger partial charge in [0.15, 0.2) is 0 Å². The molecule has 0 bridgehead atoms. The normalized spacial score (nSPS) is 12.2. The molecule has 8 heteroatoms. The molecule has 37 heavy (non-hydrogen) atoms. The van der Waals surface area contributed by atoms with Crippen LogP contribution >= 0.6 is 0 Å². The van der Waals surface area contributed by atoms with E-state index in [4.69, 9.17) is 0 Å². The van der Waals surface area contributed by atoms with Gasteiger partial charge in [0.1, 0.15) is 12.6 Å². The number of nitrogens with zero attached hydrogens (tertiary/aromatic N) is 2. The van der Waals surface area contributed by atoms with E-state index < -0.39 is 22.0 Å². The van der Waals surface area contributed by atoms with E-state index in [9.17, 15) is 18.0 Å². The molecule has 1 atom stereocenters. The van der Waals surface area contributed by atoms with Crippen LogP contribution in [-0.2, 0) is 26.0 Å². The predicted octanol–water partition coefficient (Wildman–Crippen LogP) is 4.37. The third-order valence-corrected chi connectivity index (χ3v) is 7.54. The molecule has 0 aliphatic rings. The van der Waals surface area contributed by atoms with Gasteiger partial charge in [0.2, 0.25) is 21.8 Å². The van der Waals surface area contributed by atoms with Crippen molar-refractivity contribution in [2.24, 2.45) is 0 Å². The number of rotatable bonds is 13. The Morgan fingerprint density at radius 3 is 2.27 bits per heavy atom. The Bertz CT molecular complexity index is 1290. The van der Waals surface area contributed by atoms with Gasteiger partial charge >= 0.3 is 0 Å². The quantitative estimate of drug-likeness (QED) is 0.337. The van der Waals surface area contributed by atoms with Crippen LogP contribution in [0.2, 0.25) is 0 Å². The standard InChI is InChI=1S/C29H37N3O4S/c1-4-6-20-30-29(34)26(5-2)31(21-19-23-13-8-7-9-14-23)28(33)22-32(37(3,35)36)27-18-12-16-24-15-10-11-17-25(24)27/h7-18,26H,4-6,19-22H2,1-3H3,(H,30,34). The topological polar surface area (TPSA) is 86.8 Å². The third kappa shape index (κ3) is 7.55. The molecule has 0 aliphatic carbocycles. The highest BCUT2D eigenvalue weighted by atomic mass is 32.2. The smallest absolute Gasteiger partial charge is 0.244 e. The second-order valence-electron chi connectivity index (χ2n) is 9.16. The van der Waals surface area contributed by atoms with Gasteiger partial charge in [-0.25, -0.2) is 8.42 Å². The minimum absolute atomic E-state index is 0.214. The molecule has 3 aromatic carbocycles. The largest absolute Gasteiger partial charge is 0.354 e. The minimum Gasteiger partial charge on any atom is -0.354 e. The lowest BCUT2D eigenvalue weighted by Gasteiger charge is -2.33. The van der Waals surface area contributed by atoms with Crippen molar-refractivity contribution < 1.29 is 18.0 Å². The number of benzene rings is 3. The molecule has 2 amide bonds. The van der Waals surface area contributed by atoms with E-state index in [1.54, 1.807) is 12.1 Å². The van der Waals surface area contributed by atoms with Gasteiger partial charge in [-0.3, -0.25) is 13.9 Å². The first-order valence-corrected chi connectivity index (χ1v) is 14.7. The van der Waals surface area contributed by atoms with Crippen LogP contribution in [0.4, 0.5) is 5.69 Å². The average Bonchev–Trinajstić information content (AvgIpc) is 2.89. The fraction of sp³-hybridized carbons (Fsp3) is 0.379. The van der Waals surface area contributed by atoms with Gasteiger partial charge in [-0.05, 0) is 36.3 Å². The number of carbonyl (C=O) groups is 2. The molecule has 1 unspecified atom stereocenters. The Morgan fingerprint density at radius 1 is 0.919 bits per heavy atom. The fourth-order valence-electron chi connectivity index (χ4n) is 4.42. The van der Waals surface area contributed by atoms with Crippen molar-refractivity contribution in [1.82, 2.24) is 10.2 Å². The van der Waals surface area contributed by atoms with E-state index in [0.29, 0.717) is 31.6 Å². The summed E-state index contributed by atoms with van der Waals surface area (Å²) < 4.78 is 27.0. The maximum atomic E-state index is 13.8. The Labute approximate surface area is 220 Å². The molecule has 7 nitrogen and oxygen atoms in total. The van der Waals surface area contributed by atoms with Gasteiger partial charge in [-0.15, -0.1) is 0 Å². The van der Waals surface area contributed by atoms with Crippen LogP contribution in [0.3, 0.4) is 0 Å². The van der Waals surface area contributed by atoms with Crippen LogP contribution in [-0.4, -0.2) is 57.1 Å². The SMILES string of the molecule is CCCCNC(=O)C(CC)N(CCc1ccccc1)C(=O)CN(c1cccc2ccccc12)S(C)(=O)=O. The molecule has 3 aromatic rings. The predicted molar refractivity (Wildman–Crippen MR) is 150 cm³/mol. The number of fused-ring (bicyclic) bond motifs is 1. The van der Waals surface area contributed by atoms with Crippen molar-refractivity contribution in [1.29, 1.82) is 0 Å². The number of hydrogen-bond donors (Lipinski definition) is 1. The molecular weight excluding hydrogens is 486 g/mol. The van der Waals surface area contributed by atoms with Gasteiger partial charge in [0.25, 0.3) is 0 Å². The van der Waals surface area contributed by atoms with Gasteiger partial charge in [0.05, 0.1) is 11.9 Å². The Morgan fingerprint density at radius 2 is 1.59 bits per heavy atom. The summed E-state index contributed by atoms with van der Waals surface area (Å²) >= 11 is 0. The van der Waals surface area contributed by atoms with E-state index in [-0.39, 0.29) is 12.5 Å². The summed E-state index contributed by atoms with van der Waals surface area (Å²) in [6, 6.07) is 21.9. The summed E-state index contributed by atoms with van der Waals surface area (Å²) in [5, 5.41) is 4.56. The zero-order valence-corrected chi connectivity index (χ0v) is 22.7. The Kier molecular flexibility index (Phi) is 10.1. The highest BCUT2D eigenvalue weighted by Crippen LogP contribution is 2.28. The van der Waals surface area contributed by atoms with Crippen molar-refractivity contribution in [2.45, 2.75) is 45.6 Å². The third-order valence-electron chi connectivity index (χ3n) is 6.41. The molecule has 0 saturated carbocycles. The van der Waals surface area contributed by atoms with Gasteiger partial charge in [-0.2, -0.15) is 0 Å². The number of nitrogens with one attached hydrogen (secondary N) is 1. The van der Waals surface area contributed by atoms with Crippen molar-refractivity contribution in [3.63, 3.8) is 0 Å². The minimum atomic E-state index is -3.79. The highest BCUT2D eigenvalue weighted by Gasteiger charge is 2.31. The average molecular weight is 524 g/mol. The zero-order chi connectivity index (χ0) is 26.8. The van der Waals surface area contributed by atoms with E-state index in [2.05, 4.69) is 5.32 Å². The summed E-state index contributed by atoms with van der Waals surface area (Å²) in [5.41, 5.74) is 1.48. The van der Waals surface area contributed by atoms with Crippen molar-refractivity contribution in [3.05, 3.63) is 78.4 Å². The first kappa shape index (κ1) is 28.2. The lowest BCUT2D eigenvalue weighted by atomic mass is 10.1. The lowest BCUT2D eigenvalue weighted by Crippen LogP contribution is -2.53. The lowest BCUT2D eigenvalue weighted by molar-refractivity contribution is -0.139. The summed E-state index contributed by atoms with van der Waals surface area (Å²) in [7, 11) is -3.79. The molecule has 0 heterocycles. The van der Waals surface area contributed by atoms with E-state index >= 15 is 0 Å². The summed E-state index contributed by atoms with van der Waals surface area (Å²) in [4.78, 5) is 28.4. The Hall–Kier alpha value is -3.39. The summed E-state index contributed by atoms with van der Waals surface area (Å²) in [5.74, 6) is -0.625. The van der Waals surface area contributed by atoms with E-state index in [1.807, 2.05) is 74.5 Å². The molecule has 0 saturated heterocycles. The Balaban J connectivity index is 1.93. The molecule has 0 aliphatic heterocycles. The van der Waals surface area contributed by atoms with Crippen molar-refractivity contribution >= 4 is 38.3 Å². The monoisotopic (exact) mass is 523 g/mol. The second kappa shape index (κ2) is 13.2. The van der Waals surface area contributed by atoms with Crippen LogP contribution in [0.1, 0.15) is 38.7 Å². The molecule has 1 N–H and O–H groups in total. The van der Waals surface area contributed by atoms with Crippen molar-refractivity contribution in [2.75, 3.05) is 30.2 Å². The molecule has 0 fully saturated rings. The maximum absolute atomic E-state index is 13.8. The molecule has 0 aromatic heterocycles. The highest BCUT2D eigenvalue weighted by molar-refractivity contribution is 7.92.